The van der Waals surface area contributed by atoms with Gasteiger partial charge in [-0.1, -0.05) is 6.92 Å². The smallest absolute Gasteiger partial charge is 0.303 e. The van der Waals surface area contributed by atoms with E-state index in [1.54, 1.807) is 18.6 Å². The van der Waals surface area contributed by atoms with Crippen molar-refractivity contribution in [3.05, 3.63) is 22.5 Å². The number of rotatable bonds is 4. The zero-order chi connectivity index (χ0) is 17.4. The fourth-order valence-electron chi connectivity index (χ4n) is 3.09. The van der Waals surface area contributed by atoms with Crippen LogP contribution in [0.25, 0.3) is 11.2 Å². The molecule has 1 N–H and O–H groups in total. The van der Waals surface area contributed by atoms with Gasteiger partial charge in [0.1, 0.15) is 11.9 Å². The number of H-pyrrole nitrogens is 1. The molecular weight excluding hydrogens is 316 g/mol. The summed E-state index contributed by atoms with van der Waals surface area (Å²) in [5, 5.41) is 0. The van der Waals surface area contributed by atoms with Crippen LogP contribution in [0.3, 0.4) is 0 Å². The third kappa shape index (κ3) is 2.69. The molecule has 0 amide bonds. The molecule has 2 aromatic rings. The van der Waals surface area contributed by atoms with Crippen LogP contribution in [0, 0.1) is 6.92 Å². The van der Waals surface area contributed by atoms with Crippen LogP contribution in [-0.4, -0.2) is 50.9 Å². The van der Waals surface area contributed by atoms with Gasteiger partial charge in [-0.25, -0.2) is 9.97 Å². The van der Waals surface area contributed by atoms with Gasteiger partial charge in [0, 0.05) is 14.0 Å². The molecule has 1 aliphatic heterocycles. The van der Waals surface area contributed by atoms with E-state index in [2.05, 4.69) is 15.0 Å². The molecule has 3 rings (SSSR count). The second-order valence-corrected chi connectivity index (χ2v) is 5.72. The second-order valence-electron chi connectivity index (χ2n) is 5.72. The normalized spacial score (nSPS) is 26.8. The van der Waals surface area contributed by atoms with Gasteiger partial charge >= 0.3 is 5.97 Å². The largest absolute Gasteiger partial charge is 0.455 e. The average Bonchev–Trinajstić information content (AvgIpc) is 3.07. The first-order valence-corrected chi connectivity index (χ1v) is 7.75. The van der Waals surface area contributed by atoms with Crippen molar-refractivity contribution in [2.45, 2.75) is 51.7 Å². The predicted molar refractivity (Wildman–Crippen MR) is 83.4 cm³/mol. The van der Waals surface area contributed by atoms with Gasteiger partial charge in [-0.15, -0.1) is 0 Å². The summed E-state index contributed by atoms with van der Waals surface area (Å²) in [6.45, 7) is 4.98. The van der Waals surface area contributed by atoms with E-state index >= 15 is 0 Å². The summed E-state index contributed by atoms with van der Waals surface area (Å²) in [6.07, 6.45) is 0.179. The molecule has 0 bridgehead atoms. The maximum atomic E-state index is 12.0. The van der Waals surface area contributed by atoms with E-state index < -0.39 is 24.4 Å². The van der Waals surface area contributed by atoms with Crippen LogP contribution in [0.15, 0.2) is 11.1 Å². The van der Waals surface area contributed by atoms with Crippen molar-refractivity contribution < 1.29 is 19.0 Å². The van der Waals surface area contributed by atoms with Crippen molar-refractivity contribution in [1.82, 2.24) is 19.5 Å². The number of hydrogen-bond donors (Lipinski definition) is 1. The number of nitrogens with one attached hydrogen (secondary N) is 1. The molecular formula is C15H20N4O5. The Morgan fingerprint density at radius 1 is 1.46 bits per heavy atom. The maximum Gasteiger partial charge on any atom is 0.303 e. The second kappa shape index (κ2) is 6.33. The van der Waals surface area contributed by atoms with Gasteiger partial charge in [-0.2, -0.15) is 0 Å². The molecule has 0 saturated carbocycles. The molecule has 0 spiro atoms. The minimum Gasteiger partial charge on any atom is -0.455 e. The minimum atomic E-state index is -0.664. The molecule has 1 aliphatic rings. The summed E-state index contributed by atoms with van der Waals surface area (Å²) in [7, 11) is 1.55. The Labute approximate surface area is 137 Å². The average molecular weight is 336 g/mol. The van der Waals surface area contributed by atoms with Crippen LogP contribution in [0.4, 0.5) is 0 Å². The fraction of sp³-hybridized carbons (Fsp3) is 0.600. The fourth-order valence-corrected chi connectivity index (χ4v) is 3.09. The predicted octanol–water partition coefficient (Wildman–Crippen LogP) is 0.682. The van der Waals surface area contributed by atoms with Crippen molar-refractivity contribution in [2.75, 3.05) is 7.11 Å². The van der Waals surface area contributed by atoms with Gasteiger partial charge in [-0.3, -0.25) is 14.2 Å². The number of ether oxygens (including phenoxy) is 3. The van der Waals surface area contributed by atoms with E-state index in [0.717, 1.165) is 0 Å². The highest BCUT2D eigenvalue weighted by atomic mass is 16.6. The number of fused-ring (bicyclic) bond motifs is 1. The highest BCUT2D eigenvalue weighted by Crippen LogP contribution is 2.36. The molecule has 2 aromatic heterocycles. The molecule has 9 nitrogen and oxygen atoms in total. The SMILES string of the molecule is CC[C@H]1O[C@@H](n2cnc3c(=O)[nH]c(C)nc32)C(OC(C)=O)[C@H]1OC. The van der Waals surface area contributed by atoms with Gasteiger partial charge in [0.2, 0.25) is 0 Å². The Morgan fingerprint density at radius 3 is 2.83 bits per heavy atom. The zero-order valence-corrected chi connectivity index (χ0v) is 14.0. The molecule has 9 heteroatoms. The van der Waals surface area contributed by atoms with E-state index in [-0.39, 0.29) is 17.2 Å². The minimum absolute atomic E-state index is 0.208. The van der Waals surface area contributed by atoms with E-state index in [1.165, 1.54) is 13.3 Å². The van der Waals surface area contributed by atoms with Crippen molar-refractivity contribution in [3.8, 4) is 0 Å². The summed E-state index contributed by atoms with van der Waals surface area (Å²) in [4.78, 5) is 34.6. The molecule has 1 unspecified atom stereocenters. The lowest BCUT2D eigenvalue weighted by Gasteiger charge is -2.23. The molecule has 0 aliphatic carbocycles. The number of esters is 1. The molecule has 0 aromatic carbocycles. The third-order valence-electron chi connectivity index (χ3n) is 4.09. The van der Waals surface area contributed by atoms with Crippen molar-refractivity contribution in [2.24, 2.45) is 0 Å². The highest BCUT2D eigenvalue weighted by molar-refractivity contribution is 5.69. The van der Waals surface area contributed by atoms with Crippen molar-refractivity contribution in [1.29, 1.82) is 0 Å². The Morgan fingerprint density at radius 2 is 2.21 bits per heavy atom. The van der Waals surface area contributed by atoms with Crippen LogP contribution < -0.4 is 5.56 Å². The van der Waals surface area contributed by atoms with Gasteiger partial charge in [0.25, 0.3) is 5.56 Å². The first-order chi connectivity index (χ1) is 11.5. The van der Waals surface area contributed by atoms with E-state index in [0.29, 0.717) is 17.9 Å². The lowest BCUT2D eigenvalue weighted by molar-refractivity contribution is -0.156. The number of aromatic nitrogens is 4. The van der Waals surface area contributed by atoms with Crippen LogP contribution in [-0.2, 0) is 19.0 Å². The topological polar surface area (TPSA) is 108 Å². The highest BCUT2D eigenvalue weighted by Gasteiger charge is 2.48. The summed E-state index contributed by atoms with van der Waals surface area (Å²) >= 11 is 0. The van der Waals surface area contributed by atoms with Crippen LogP contribution in [0.1, 0.15) is 32.3 Å². The van der Waals surface area contributed by atoms with Gasteiger partial charge in [0.15, 0.2) is 23.5 Å². The number of aromatic amines is 1. The lowest BCUT2D eigenvalue weighted by Crippen LogP contribution is -2.36. The molecule has 1 fully saturated rings. The summed E-state index contributed by atoms with van der Waals surface area (Å²) in [6, 6.07) is 0. The number of imidazole rings is 1. The summed E-state index contributed by atoms with van der Waals surface area (Å²) in [5.41, 5.74) is 0.262. The molecule has 4 atom stereocenters. The van der Waals surface area contributed by atoms with E-state index in [4.69, 9.17) is 14.2 Å². The van der Waals surface area contributed by atoms with E-state index in [9.17, 15) is 9.59 Å². The monoisotopic (exact) mass is 336 g/mol. The van der Waals surface area contributed by atoms with Crippen molar-refractivity contribution >= 4 is 17.1 Å². The van der Waals surface area contributed by atoms with E-state index in [1.807, 2.05) is 6.92 Å². The molecule has 0 radical (unpaired) electrons. The Hall–Kier alpha value is -2.26. The number of hydrogen-bond acceptors (Lipinski definition) is 7. The first kappa shape index (κ1) is 16.6. The molecule has 24 heavy (non-hydrogen) atoms. The van der Waals surface area contributed by atoms with Crippen LogP contribution in [0.5, 0.6) is 0 Å². The lowest BCUT2D eigenvalue weighted by atomic mass is 10.1. The Kier molecular flexibility index (Phi) is 4.37. The van der Waals surface area contributed by atoms with Crippen molar-refractivity contribution in [3.63, 3.8) is 0 Å². The first-order valence-electron chi connectivity index (χ1n) is 7.75. The zero-order valence-electron chi connectivity index (χ0n) is 14.0. The quantitative estimate of drug-likeness (QED) is 0.818. The number of carbonyl (C=O) groups is 1. The van der Waals surface area contributed by atoms with Crippen LogP contribution >= 0.6 is 0 Å². The number of aryl methyl sites for hydroxylation is 1. The summed E-state index contributed by atoms with van der Waals surface area (Å²) < 4.78 is 18.6. The Balaban J connectivity index is 2.09. The van der Waals surface area contributed by atoms with Crippen LogP contribution in [0.2, 0.25) is 0 Å². The standard InChI is InChI=1S/C15H20N4O5/c1-5-9-11(22-4)12(23-8(3)20)15(24-9)19-6-16-10-13(19)17-7(2)18-14(10)21/h6,9,11-12,15H,5H2,1-4H3,(H,17,18,21)/t9-,11+,12?,15-/m1/s1. The number of nitrogens with zero attached hydrogens (tertiary/aromatic N) is 3. The van der Waals surface area contributed by atoms with Gasteiger partial charge in [-0.05, 0) is 13.3 Å². The van der Waals surface area contributed by atoms with Gasteiger partial charge in [0.05, 0.1) is 12.4 Å². The number of methoxy groups -OCH3 is 1. The number of carbonyl (C=O) groups excluding carboxylic acids is 1. The maximum absolute atomic E-state index is 12.0. The third-order valence-corrected chi connectivity index (χ3v) is 4.09. The van der Waals surface area contributed by atoms with Gasteiger partial charge < -0.3 is 19.2 Å². The molecule has 1 saturated heterocycles. The Bertz CT molecular complexity index is 814. The molecule has 3 heterocycles. The molecule has 130 valence electrons. The summed E-state index contributed by atoms with van der Waals surface area (Å²) in [5.74, 6) is 0.0328.